The minimum absolute atomic E-state index is 0. The Labute approximate surface area is 61.4 Å². The fourth-order valence-electron chi connectivity index (χ4n) is 0.672. The number of aliphatic hydroxyl groups is 1. The van der Waals surface area contributed by atoms with Gasteiger partial charge in [0.2, 0.25) is 0 Å². The summed E-state index contributed by atoms with van der Waals surface area (Å²) in [5.41, 5.74) is 0. The van der Waals surface area contributed by atoms with E-state index in [1.54, 1.807) is 0 Å². The van der Waals surface area contributed by atoms with Gasteiger partial charge in [-0.2, -0.15) is 0 Å². The van der Waals surface area contributed by atoms with E-state index in [2.05, 4.69) is 6.92 Å². The van der Waals surface area contributed by atoms with Crippen LogP contribution in [0.4, 0.5) is 0 Å². The predicted molar refractivity (Wildman–Crippen MR) is 39.8 cm³/mol. The molecule has 0 rings (SSSR count). The highest BCUT2D eigenvalue weighted by Crippen LogP contribution is 2.00. The molecule has 0 radical (unpaired) electrons. The Morgan fingerprint density at radius 1 is 1.50 bits per heavy atom. The molecule has 3 heteroatoms. The number of rotatable bonds is 5. The molecule has 62 valence electrons. The van der Waals surface area contributed by atoms with Gasteiger partial charge in [-0.1, -0.05) is 26.2 Å². The van der Waals surface area contributed by atoms with Gasteiger partial charge in [-0.3, -0.25) is 0 Å². The number of carbonyl (C=O) groups excluding carboxylic acids is 1. The zero-order valence-corrected chi connectivity index (χ0v) is 6.34. The highest BCUT2D eigenvalue weighted by Gasteiger charge is 1.98. The SMILES string of the molecule is CCCCCC(O)C=O.O. The molecule has 0 saturated heterocycles. The Hall–Kier alpha value is -0.410. The summed E-state index contributed by atoms with van der Waals surface area (Å²) in [6, 6.07) is 0. The quantitative estimate of drug-likeness (QED) is 0.450. The normalized spacial score (nSPS) is 11.8. The van der Waals surface area contributed by atoms with Crippen molar-refractivity contribution >= 4 is 6.29 Å². The Kier molecular flexibility index (Phi) is 10.6. The number of hydrogen-bond acceptors (Lipinski definition) is 2. The van der Waals surface area contributed by atoms with Crippen LogP contribution in [0.1, 0.15) is 32.6 Å². The minimum atomic E-state index is -0.725. The zero-order valence-electron chi connectivity index (χ0n) is 6.34. The smallest absolute Gasteiger partial charge is 0.148 e. The number of unbranched alkanes of at least 4 members (excludes halogenated alkanes) is 2. The van der Waals surface area contributed by atoms with Crippen molar-refractivity contribution in [2.24, 2.45) is 0 Å². The van der Waals surface area contributed by atoms with E-state index in [1.807, 2.05) is 0 Å². The Balaban J connectivity index is 0. The van der Waals surface area contributed by atoms with Crippen LogP contribution < -0.4 is 0 Å². The summed E-state index contributed by atoms with van der Waals surface area (Å²) in [7, 11) is 0. The van der Waals surface area contributed by atoms with Crippen LogP contribution in [0.25, 0.3) is 0 Å². The van der Waals surface area contributed by atoms with Crippen molar-refractivity contribution in [3.8, 4) is 0 Å². The molecular weight excluding hydrogens is 132 g/mol. The lowest BCUT2D eigenvalue weighted by Crippen LogP contribution is -2.06. The molecule has 0 heterocycles. The Morgan fingerprint density at radius 3 is 2.50 bits per heavy atom. The van der Waals surface area contributed by atoms with E-state index in [9.17, 15) is 4.79 Å². The number of aldehydes is 1. The van der Waals surface area contributed by atoms with Gasteiger partial charge in [0.25, 0.3) is 0 Å². The number of aliphatic hydroxyl groups excluding tert-OH is 1. The van der Waals surface area contributed by atoms with E-state index in [0.717, 1.165) is 19.3 Å². The lowest BCUT2D eigenvalue weighted by Gasteiger charge is -1.99. The summed E-state index contributed by atoms with van der Waals surface area (Å²) in [6.07, 6.45) is 3.68. The highest BCUT2D eigenvalue weighted by atomic mass is 16.3. The van der Waals surface area contributed by atoms with Crippen molar-refractivity contribution in [3.05, 3.63) is 0 Å². The van der Waals surface area contributed by atoms with Crippen LogP contribution >= 0.6 is 0 Å². The van der Waals surface area contributed by atoms with Gasteiger partial charge in [-0.15, -0.1) is 0 Å². The van der Waals surface area contributed by atoms with Crippen LogP contribution in [-0.2, 0) is 4.79 Å². The third kappa shape index (κ3) is 7.59. The number of hydrogen-bond donors (Lipinski definition) is 1. The second kappa shape index (κ2) is 8.59. The van der Waals surface area contributed by atoms with Gasteiger partial charge in [-0.05, 0) is 6.42 Å². The van der Waals surface area contributed by atoms with Crippen LogP contribution in [0.2, 0.25) is 0 Å². The molecule has 0 bridgehead atoms. The van der Waals surface area contributed by atoms with E-state index in [0.29, 0.717) is 12.7 Å². The maximum Gasteiger partial charge on any atom is 0.148 e. The largest absolute Gasteiger partial charge is 0.412 e. The van der Waals surface area contributed by atoms with Gasteiger partial charge < -0.3 is 15.4 Å². The highest BCUT2D eigenvalue weighted by molar-refractivity contribution is 5.55. The van der Waals surface area contributed by atoms with Gasteiger partial charge in [0, 0.05) is 0 Å². The molecule has 10 heavy (non-hydrogen) atoms. The Bertz CT molecular complexity index is 73.3. The summed E-state index contributed by atoms with van der Waals surface area (Å²) in [6.45, 7) is 2.09. The summed E-state index contributed by atoms with van der Waals surface area (Å²) in [4.78, 5) is 9.85. The van der Waals surface area contributed by atoms with Crippen molar-refractivity contribution < 1.29 is 15.4 Å². The first-order valence-corrected chi connectivity index (χ1v) is 3.44. The van der Waals surface area contributed by atoms with Crippen LogP contribution in [0.5, 0.6) is 0 Å². The van der Waals surface area contributed by atoms with Gasteiger partial charge >= 0.3 is 0 Å². The lowest BCUT2D eigenvalue weighted by molar-refractivity contribution is -0.115. The first-order valence-electron chi connectivity index (χ1n) is 3.44. The second-order valence-electron chi connectivity index (χ2n) is 2.20. The fraction of sp³-hybridized carbons (Fsp3) is 0.857. The maximum absolute atomic E-state index is 9.85. The fourth-order valence-corrected chi connectivity index (χ4v) is 0.672. The molecule has 0 aliphatic carbocycles. The topological polar surface area (TPSA) is 68.8 Å². The van der Waals surface area contributed by atoms with Gasteiger partial charge in [0.05, 0.1) is 0 Å². The van der Waals surface area contributed by atoms with Crippen LogP contribution in [0.15, 0.2) is 0 Å². The van der Waals surface area contributed by atoms with Crippen molar-refractivity contribution in [2.75, 3.05) is 0 Å². The molecule has 0 aromatic heterocycles. The maximum atomic E-state index is 9.85. The molecule has 1 unspecified atom stereocenters. The first kappa shape index (κ1) is 12.3. The van der Waals surface area contributed by atoms with Crippen molar-refractivity contribution in [1.82, 2.24) is 0 Å². The molecule has 0 saturated carbocycles. The third-order valence-electron chi connectivity index (χ3n) is 1.26. The third-order valence-corrected chi connectivity index (χ3v) is 1.26. The summed E-state index contributed by atoms with van der Waals surface area (Å²) in [5, 5.41) is 8.72. The summed E-state index contributed by atoms with van der Waals surface area (Å²) < 4.78 is 0. The average Bonchev–Trinajstić information content (AvgIpc) is 1.89. The van der Waals surface area contributed by atoms with Crippen molar-refractivity contribution in [1.29, 1.82) is 0 Å². The molecular formula is C7H16O3. The molecule has 0 aliphatic heterocycles. The minimum Gasteiger partial charge on any atom is -0.412 e. The van der Waals surface area contributed by atoms with Crippen LogP contribution in [0, 0.1) is 0 Å². The molecule has 3 N–H and O–H groups in total. The van der Waals surface area contributed by atoms with E-state index < -0.39 is 6.10 Å². The van der Waals surface area contributed by atoms with E-state index in [4.69, 9.17) is 5.11 Å². The van der Waals surface area contributed by atoms with Gasteiger partial charge in [-0.25, -0.2) is 0 Å². The molecule has 0 amide bonds. The van der Waals surface area contributed by atoms with Crippen LogP contribution in [-0.4, -0.2) is 23.0 Å². The molecule has 0 spiro atoms. The molecule has 0 aliphatic rings. The molecule has 1 atom stereocenters. The van der Waals surface area contributed by atoms with Crippen molar-refractivity contribution in [3.63, 3.8) is 0 Å². The molecule has 0 aromatic carbocycles. The molecule has 0 aromatic rings. The van der Waals surface area contributed by atoms with Crippen LogP contribution in [0.3, 0.4) is 0 Å². The monoisotopic (exact) mass is 148 g/mol. The van der Waals surface area contributed by atoms with Gasteiger partial charge in [0.1, 0.15) is 12.4 Å². The first-order chi connectivity index (χ1) is 4.31. The second-order valence-corrected chi connectivity index (χ2v) is 2.20. The summed E-state index contributed by atoms with van der Waals surface area (Å²) >= 11 is 0. The van der Waals surface area contributed by atoms with Gasteiger partial charge in [0.15, 0.2) is 0 Å². The van der Waals surface area contributed by atoms with E-state index in [-0.39, 0.29) is 5.48 Å². The van der Waals surface area contributed by atoms with E-state index >= 15 is 0 Å². The van der Waals surface area contributed by atoms with E-state index in [1.165, 1.54) is 0 Å². The predicted octanol–water partition coefficient (Wildman–Crippen LogP) is 0.302. The summed E-state index contributed by atoms with van der Waals surface area (Å²) in [5.74, 6) is 0. The van der Waals surface area contributed by atoms with Crippen molar-refractivity contribution in [2.45, 2.75) is 38.7 Å². The molecule has 0 fully saturated rings. The number of carbonyl (C=O) groups is 1. The zero-order chi connectivity index (χ0) is 7.11. The Morgan fingerprint density at radius 2 is 2.10 bits per heavy atom. The standard InChI is InChI=1S/C7H14O2.H2O/c1-2-3-4-5-7(9)6-8;/h6-7,9H,2-5H2,1H3;1H2. The lowest BCUT2D eigenvalue weighted by atomic mass is 10.1. The molecule has 3 nitrogen and oxygen atoms in total. The average molecular weight is 148 g/mol.